The molecule has 0 atom stereocenters. The summed E-state index contributed by atoms with van der Waals surface area (Å²) in [6.07, 6.45) is 0. The molecule has 0 aliphatic heterocycles. The molecule has 0 unspecified atom stereocenters. The fraction of sp³-hybridized carbons (Fsp3) is 0.167. The number of methoxy groups -OCH3 is 2. The van der Waals surface area contributed by atoms with Gasteiger partial charge in [-0.05, 0) is 24.3 Å². The highest BCUT2D eigenvalue weighted by Crippen LogP contribution is 2.11. The third kappa shape index (κ3) is 3.34. The lowest BCUT2D eigenvalue weighted by molar-refractivity contribution is -0.136. The summed E-state index contributed by atoms with van der Waals surface area (Å²) in [5.74, 6) is -0.455. The third-order valence-corrected chi connectivity index (χ3v) is 2.05. The molecular formula is C12H13NO4. The highest BCUT2D eigenvalue weighted by molar-refractivity contribution is 6.00. The van der Waals surface area contributed by atoms with E-state index in [1.165, 1.54) is 14.2 Å². The van der Waals surface area contributed by atoms with E-state index in [0.717, 1.165) is 0 Å². The molecule has 0 bridgehead atoms. The van der Waals surface area contributed by atoms with Crippen molar-refractivity contribution in [2.24, 2.45) is 0 Å². The first-order valence-electron chi connectivity index (χ1n) is 4.81. The average molecular weight is 235 g/mol. The van der Waals surface area contributed by atoms with Gasteiger partial charge in [0.1, 0.15) is 11.4 Å². The molecule has 1 aromatic carbocycles. The van der Waals surface area contributed by atoms with Crippen molar-refractivity contribution in [1.29, 1.82) is 0 Å². The number of hydrogen-bond donors (Lipinski definition) is 1. The largest absolute Gasteiger partial charge is 0.497 e. The molecule has 0 heterocycles. The third-order valence-electron chi connectivity index (χ3n) is 2.05. The zero-order valence-corrected chi connectivity index (χ0v) is 9.65. The van der Waals surface area contributed by atoms with Crippen molar-refractivity contribution in [2.45, 2.75) is 0 Å². The van der Waals surface area contributed by atoms with E-state index in [0.29, 0.717) is 11.3 Å². The molecule has 17 heavy (non-hydrogen) atoms. The topological polar surface area (TPSA) is 64.6 Å². The number of nitrogens with one attached hydrogen (secondary N) is 1. The Labute approximate surface area is 99.0 Å². The fourth-order valence-electron chi connectivity index (χ4n) is 1.13. The van der Waals surface area contributed by atoms with Crippen LogP contribution in [0, 0.1) is 0 Å². The lowest BCUT2D eigenvalue weighted by Crippen LogP contribution is -2.27. The summed E-state index contributed by atoms with van der Waals surface area (Å²) < 4.78 is 9.37. The van der Waals surface area contributed by atoms with Gasteiger partial charge in [0.2, 0.25) is 0 Å². The van der Waals surface area contributed by atoms with Gasteiger partial charge < -0.3 is 14.8 Å². The number of esters is 1. The van der Waals surface area contributed by atoms with Crippen LogP contribution in [0.3, 0.4) is 0 Å². The summed E-state index contributed by atoms with van der Waals surface area (Å²) in [6, 6.07) is 6.46. The van der Waals surface area contributed by atoms with Crippen molar-refractivity contribution < 1.29 is 19.1 Å². The molecule has 0 aromatic heterocycles. The number of ether oxygens (including phenoxy) is 2. The normalized spacial score (nSPS) is 9.29. The van der Waals surface area contributed by atoms with E-state index in [9.17, 15) is 9.59 Å². The molecular weight excluding hydrogens is 222 g/mol. The van der Waals surface area contributed by atoms with E-state index in [1.807, 2.05) is 0 Å². The second-order valence-electron chi connectivity index (χ2n) is 3.15. The SMILES string of the molecule is C=C(NC(=O)c1ccc(OC)cc1)C(=O)OC. The molecule has 0 saturated heterocycles. The monoisotopic (exact) mass is 235 g/mol. The van der Waals surface area contributed by atoms with Gasteiger partial charge >= 0.3 is 5.97 Å². The minimum Gasteiger partial charge on any atom is -0.497 e. The van der Waals surface area contributed by atoms with Gasteiger partial charge in [0.15, 0.2) is 0 Å². The maximum absolute atomic E-state index is 11.7. The maximum atomic E-state index is 11.7. The van der Waals surface area contributed by atoms with Crippen molar-refractivity contribution in [3.63, 3.8) is 0 Å². The molecule has 0 radical (unpaired) electrons. The predicted octanol–water partition coefficient (Wildman–Crippen LogP) is 1.11. The van der Waals surface area contributed by atoms with Gasteiger partial charge in [-0.25, -0.2) is 4.79 Å². The van der Waals surface area contributed by atoms with Crippen LogP contribution < -0.4 is 10.1 Å². The van der Waals surface area contributed by atoms with Crippen LogP contribution in [0.15, 0.2) is 36.5 Å². The molecule has 5 nitrogen and oxygen atoms in total. The summed E-state index contributed by atoms with van der Waals surface area (Å²) in [6.45, 7) is 3.39. The summed E-state index contributed by atoms with van der Waals surface area (Å²) >= 11 is 0. The molecule has 1 aromatic rings. The highest BCUT2D eigenvalue weighted by Gasteiger charge is 2.12. The standard InChI is InChI=1S/C12H13NO4/c1-8(12(15)17-3)13-11(14)9-4-6-10(16-2)7-5-9/h4-7H,1H2,2-3H3,(H,13,14). The molecule has 0 saturated carbocycles. The molecule has 1 amide bonds. The lowest BCUT2D eigenvalue weighted by atomic mass is 10.2. The molecule has 90 valence electrons. The van der Waals surface area contributed by atoms with Crippen molar-refractivity contribution in [2.75, 3.05) is 14.2 Å². The maximum Gasteiger partial charge on any atom is 0.353 e. The van der Waals surface area contributed by atoms with Gasteiger partial charge in [-0.1, -0.05) is 6.58 Å². The molecule has 5 heteroatoms. The first kappa shape index (κ1) is 12.8. The molecule has 1 rings (SSSR count). The van der Waals surface area contributed by atoms with Crippen LogP contribution in [-0.4, -0.2) is 26.1 Å². The number of carbonyl (C=O) groups excluding carboxylic acids is 2. The first-order valence-corrected chi connectivity index (χ1v) is 4.81. The van der Waals surface area contributed by atoms with E-state index < -0.39 is 11.9 Å². The van der Waals surface area contributed by atoms with E-state index in [4.69, 9.17) is 4.74 Å². The van der Waals surface area contributed by atoms with Crippen LogP contribution in [0.4, 0.5) is 0 Å². The zero-order chi connectivity index (χ0) is 12.8. The lowest BCUT2D eigenvalue weighted by Gasteiger charge is -2.06. The van der Waals surface area contributed by atoms with E-state index >= 15 is 0 Å². The van der Waals surface area contributed by atoms with Gasteiger partial charge in [-0.15, -0.1) is 0 Å². The first-order chi connectivity index (χ1) is 8.08. The van der Waals surface area contributed by atoms with E-state index in [1.54, 1.807) is 24.3 Å². The fourth-order valence-corrected chi connectivity index (χ4v) is 1.13. The number of benzene rings is 1. The second-order valence-corrected chi connectivity index (χ2v) is 3.15. The molecule has 1 N–H and O–H groups in total. The Morgan fingerprint density at radius 1 is 1.18 bits per heavy atom. The highest BCUT2D eigenvalue weighted by atomic mass is 16.5. The summed E-state index contributed by atoms with van der Waals surface area (Å²) in [5.41, 5.74) is 0.296. The number of carbonyl (C=O) groups is 2. The Balaban J connectivity index is 2.70. The second kappa shape index (κ2) is 5.69. The zero-order valence-electron chi connectivity index (χ0n) is 9.65. The van der Waals surface area contributed by atoms with E-state index in [2.05, 4.69) is 16.6 Å². The number of hydrogen-bond acceptors (Lipinski definition) is 4. The number of amides is 1. The van der Waals surface area contributed by atoms with Crippen LogP contribution in [-0.2, 0) is 9.53 Å². The van der Waals surface area contributed by atoms with Crippen LogP contribution >= 0.6 is 0 Å². The van der Waals surface area contributed by atoms with Gasteiger partial charge in [-0.3, -0.25) is 4.79 Å². The van der Waals surface area contributed by atoms with Crippen LogP contribution in [0.1, 0.15) is 10.4 Å². The predicted molar refractivity (Wildman–Crippen MR) is 61.6 cm³/mol. The minimum absolute atomic E-state index is 0.103. The number of rotatable bonds is 4. The molecule has 0 fully saturated rings. The van der Waals surface area contributed by atoms with Crippen molar-refractivity contribution in [1.82, 2.24) is 5.32 Å². The summed E-state index contributed by atoms with van der Waals surface area (Å²) in [5, 5.41) is 2.34. The average Bonchev–Trinajstić information content (AvgIpc) is 2.37. The summed E-state index contributed by atoms with van der Waals surface area (Å²) in [7, 11) is 2.75. The Morgan fingerprint density at radius 3 is 2.24 bits per heavy atom. The van der Waals surface area contributed by atoms with Gasteiger partial charge in [-0.2, -0.15) is 0 Å². The minimum atomic E-state index is -0.674. The van der Waals surface area contributed by atoms with Crippen LogP contribution in [0.2, 0.25) is 0 Å². The molecule has 0 aliphatic carbocycles. The quantitative estimate of drug-likeness (QED) is 0.627. The van der Waals surface area contributed by atoms with Gasteiger partial charge in [0.25, 0.3) is 5.91 Å². The van der Waals surface area contributed by atoms with Crippen LogP contribution in [0.25, 0.3) is 0 Å². The Hall–Kier alpha value is -2.30. The Morgan fingerprint density at radius 2 is 1.76 bits per heavy atom. The van der Waals surface area contributed by atoms with Crippen molar-refractivity contribution in [3.8, 4) is 5.75 Å². The van der Waals surface area contributed by atoms with Crippen LogP contribution in [0.5, 0.6) is 5.75 Å². The van der Waals surface area contributed by atoms with Crippen molar-refractivity contribution >= 4 is 11.9 Å². The molecule has 0 aliphatic rings. The smallest absolute Gasteiger partial charge is 0.353 e. The molecule has 0 spiro atoms. The van der Waals surface area contributed by atoms with Gasteiger partial charge in [0, 0.05) is 5.56 Å². The Kier molecular flexibility index (Phi) is 4.28. The van der Waals surface area contributed by atoms with Crippen molar-refractivity contribution in [3.05, 3.63) is 42.1 Å². The summed E-state index contributed by atoms with van der Waals surface area (Å²) in [4.78, 5) is 22.7. The van der Waals surface area contributed by atoms with Gasteiger partial charge in [0.05, 0.1) is 14.2 Å². The Bertz CT molecular complexity index is 436. The van der Waals surface area contributed by atoms with E-state index in [-0.39, 0.29) is 5.70 Å².